The van der Waals surface area contributed by atoms with Gasteiger partial charge in [0, 0.05) is 12.6 Å². The zero-order valence-corrected chi connectivity index (χ0v) is 11.4. The van der Waals surface area contributed by atoms with Crippen molar-refractivity contribution in [3.05, 3.63) is 0 Å². The summed E-state index contributed by atoms with van der Waals surface area (Å²) in [6.45, 7) is 3.30. The van der Waals surface area contributed by atoms with Crippen molar-refractivity contribution in [2.45, 2.75) is 76.9 Å². The highest BCUT2D eigenvalue weighted by Crippen LogP contribution is 2.35. The molecule has 1 saturated heterocycles. The average molecular weight is 239 g/mol. The molecule has 2 heteroatoms. The van der Waals surface area contributed by atoms with Gasteiger partial charge in [-0.05, 0) is 43.9 Å². The normalized spacial score (nSPS) is 36.0. The van der Waals surface area contributed by atoms with Crippen LogP contribution in [0.15, 0.2) is 0 Å². The zero-order chi connectivity index (χ0) is 12.1. The highest BCUT2D eigenvalue weighted by molar-refractivity contribution is 4.83. The molecule has 0 radical (unpaired) electrons. The number of hydrogen-bond donors (Lipinski definition) is 1. The van der Waals surface area contributed by atoms with Gasteiger partial charge in [-0.3, -0.25) is 0 Å². The molecule has 0 aromatic rings. The first-order valence-electron chi connectivity index (χ1n) is 7.68. The molecule has 1 aliphatic heterocycles. The molecule has 1 saturated carbocycles. The SMILES string of the molecule is CCC1CCCCC1C(N)CCC1CCCO1. The largest absolute Gasteiger partial charge is 0.378 e. The molecule has 2 nitrogen and oxygen atoms in total. The summed E-state index contributed by atoms with van der Waals surface area (Å²) in [6.07, 6.45) is 12.3. The maximum absolute atomic E-state index is 6.44. The third-order valence-corrected chi connectivity index (χ3v) is 4.89. The Kier molecular flexibility index (Phi) is 5.30. The van der Waals surface area contributed by atoms with E-state index in [0.29, 0.717) is 12.1 Å². The predicted octanol–water partition coefficient (Wildman–Crippen LogP) is 3.49. The van der Waals surface area contributed by atoms with E-state index < -0.39 is 0 Å². The third-order valence-electron chi connectivity index (χ3n) is 4.89. The van der Waals surface area contributed by atoms with Crippen LogP contribution < -0.4 is 5.73 Å². The molecule has 1 heterocycles. The summed E-state index contributed by atoms with van der Waals surface area (Å²) in [4.78, 5) is 0. The fourth-order valence-corrected chi connectivity index (χ4v) is 3.77. The minimum atomic E-state index is 0.421. The molecule has 2 fully saturated rings. The summed E-state index contributed by atoms with van der Waals surface area (Å²) < 4.78 is 5.69. The Morgan fingerprint density at radius 2 is 2.00 bits per heavy atom. The average Bonchev–Trinajstić information content (AvgIpc) is 2.89. The molecule has 100 valence electrons. The lowest BCUT2D eigenvalue weighted by Crippen LogP contribution is -2.37. The zero-order valence-electron chi connectivity index (χ0n) is 11.4. The Labute approximate surface area is 106 Å². The van der Waals surface area contributed by atoms with E-state index in [0.717, 1.165) is 18.4 Å². The number of ether oxygens (including phenoxy) is 1. The first-order valence-corrected chi connectivity index (χ1v) is 7.68. The van der Waals surface area contributed by atoms with Crippen LogP contribution in [0.2, 0.25) is 0 Å². The van der Waals surface area contributed by atoms with Crippen molar-refractivity contribution < 1.29 is 4.74 Å². The molecule has 2 aliphatic rings. The number of nitrogens with two attached hydrogens (primary N) is 1. The lowest BCUT2D eigenvalue weighted by Gasteiger charge is -2.35. The third kappa shape index (κ3) is 3.69. The van der Waals surface area contributed by atoms with Gasteiger partial charge in [-0.25, -0.2) is 0 Å². The molecular weight excluding hydrogens is 210 g/mol. The topological polar surface area (TPSA) is 35.2 Å². The molecule has 0 bridgehead atoms. The van der Waals surface area contributed by atoms with Gasteiger partial charge in [-0.1, -0.05) is 32.6 Å². The Hall–Kier alpha value is -0.0800. The van der Waals surface area contributed by atoms with Crippen LogP contribution in [0, 0.1) is 11.8 Å². The molecule has 0 aromatic heterocycles. The van der Waals surface area contributed by atoms with Gasteiger partial charge in [0.25, 0.3) is 0 Å². The number of rotatable bonds is 5. The molecule has 1 aliphatic carbocycles. The van der Waals surface area contributed by atoms with Gasteiger partial charge in [-0.2, -0.15) is 0 Å². The van der Waals surface area contributed by atoms with Crippen LogP contribution in [0.3, 0.4) is 0 Å². The van der Waals surface area contributed by atoms with E-state index in [1.165, 1.54) is 57.8 Å². The van der Waals surface area contributed by atoms with Gasteiger partial charge >= 0.3 is 0 Å². The molecule has 0 aromatic carbocycles. The number of hydrogen-bond acceptors (Lipinski definition) is 2. The maximum Gasteiger partial charge on any atom is 0.0576 e. The van der Waals surface area contributed by atoms with Crippen molar-refractivity contribution in [1.29, 1.82) is 0 Å². The highest BCUT2D eigenvalue weighted by Gasteiger charge is 2.29. The summed E-state index contributed by atoms with van der Waals surface area (Å²) in [5.74, 6) is 1.68. The van der Waals surface area contributed by atoms with Crippen molar-refractivity contribution in [3.8, 4) is 0 Å². The van der Waals surface area contributed by atoms with Crippen molar-refractivity contribution in [3.63, 3.8) is 0 Å². The summed E-state index contributed by atoms with van der Waals surface area (Å²) >= 11 is 0. The van der Waals surface area contributed by atoms with Crippen LogP contribution >= 0.6 is 0 Å². The van der Waals surface area contributed by atoms with E-state index in [2.05, 4.69) is 6.92 Å². The monoisotopic (exact) mass is 239 g/mol. The Morgan fingerprint density at radius 1 is 1.18 bits per heavy atom. The van der Waals surface area contributed by atoms with Crippen LogP contribution in [0.5, 0.6) is 0 Å². The highest BCUT2D eigenvalue weighted by atomic mass is 16.5. The van der Waals surface area contributed by atoms with Crippen molar-refractivity contribution >= 4 is 0 Å². The molecule has 2 rings (SSSR count). The maximum atomic E-state index is 6.44. The van der Waals surface area contributed by atoms with Gasteiger partial charge in [0.05, 0.1) is 6.10 Å². The molecule has 4 atom stereocenters. The fourth-order valence-electron chi connectivity index (χ4n) is 3.77. The summed E-state index contributed by atoms with van der Waals surface area (Å²) in [5, 5.41) is 0. The van der Waals surface area contributed by atoms with E-state index in [4.69, 9.17) is 10.5 Å². The minimum absolute atomic E-state index is 0.421. The Bertz CT molecular complexity index is 213. The second-order valence-electron chi connectivity index (χ2n) is 5.99. The van der Waals surface area contributed by atoms with E-state index in [9.17, 15) is 0 Å². The van der Waals surface area contributed by atoms with Gasteiger partial charge in [0.15, 0.2) is 0 Å². The molecule has 0 amide bonds. The van der Waals surface area contributed by atoms with Crippen LogP contribution in [0.25, 0.3) is 0 Å². The van der Waals surface area contributed by atoms with Crippen molar-refractivity contribution in [2.75, 3.05) is 6.61 Å². The quantitative estimate of drug-likeness (QED) is 0.797. The minimum Gasteiger partial charge on any atom is -0.378 e. The second kappa shape index (κ2) is 6.75. The van der Waals surface area contributed by atoms with Crippen molar-refractivity contribution in [1.82, 2.24) is 0 Å². The van der Waals surface area contributed by atoms with E-state index in [1.54, 1.807) is 0 Å². The summed E-state index contributed by atoms with van der Waals surface area (Å²) in [5.41, 5.74) is 6.44. The summed E-state index contributed by atoms with van der Waals surface area (Å²) in [7, 11) is 0. The second-order valence-corrected chi connectivity index (χ2v) is 5.99. The van der Waals surface area contributed by atoms with Gasteiger partial charge < -0.3 is 10.5 Å². The van der Waals surface area contributed by atoms with Crippen LogP contribution in [-0.2, 0) is 4.74 Å². The molecule has 2 N–H and O–H groups in total. The first-order chi connectivity index (χ1) is 8.31. The van der Waals surface area contributed by atoms with Gasteiger partial charge in [0.2, 0.25) is 0 Å². The van der Waals surface area contributed by atoms with Crippen molar-refractivity contribution in [2.24, 2.45) is 17.6 Å². The lowest BCUT2D eigenvalue weighted by molar-refractivity contribution is 0.0942. The van der Waals surface area contributed by atoms with Crippen LogP contribution in [0.1, 0.15) is 64.7 Å². The standard InChI is InChI=1S/C15H29NO/c1-2-12-6-3-4-8-14(12)15(16)10-9-13-7-5-11-17-13/h12-15H,2-11,16H2,1H3. The van der Waals surface area contributed by atoms with E-state index in [1.807, 2.05) is 0 Å². The van der Waals surface area contributed by atoms with E-state index >= 15 is 0 Å². The van der Waals surface area contributed by atoms with Crippen LogP contribution in [-0.4, -0.2) is 18.8 Å². The van der Waals surface area contributed by atoms with Gasteiger partial charge in [-0.15, -0.1) is 0 Å². The lowest BCUT2D eigenvalue weighted by atomic mass is 9.73. The Balaban J connectivity index is 1.74. The van der Waals surface area contributed by atoms with Gasteiger partial charge in [0.1, 0.15) is 0 Å². The Morgan fingerprint density at radius 3 is 2.71 bits per heavy atom. The fraction of sp³-hybridized carbons (Fsp3) is 1.00. The summed E-state index contributed by atoms with van der Waals surface area (Å²) in [6, 6.07) is 0.421. The van der Waals surface area contributed by atoms with Crippen LogP contribution in [0.4, 0.5) is 0 Å². The first kappa shape index (κ1) is 13.4. The van der Waals surface area contributed by atoms with E-state index in [-0.39, 0.29) is 0 Å². The molecule has 4 unspecified atom stereocenters. The smallest absolute Gasteiger partial charge is 0.0576 e. The molecule has 17 heavy (non-hydrogen) atoms. The molecular formula is C15H29NO. The molecule has 0 spiro atoms. The predicted molar refractivity (Wildman–Crippen MR) is 71.9 cm³/mol.